The molecular weight excluding hydrogens is 212 g/mol. The van der Waals surface area contributed by atoms with E-state index in [0.29, 0.717) is 6.61 Å². The summed E-state index contributed by atoms with van der Waals surface area (Å²) in [6, 6.07) is 4.01. The van der Waals surface area contributed by atoms with Crippen molar-refractivity contribution >= 4 is 0 Å². The molecule has 1 unspecified atom stereocenters. The maximum atomic E-state index is 5.66. The molecule has 17 heavy (non-hydrogen) atoms. The summed E-state index contributed by atoms with van der Waals surface area (Å²) >= 11 is 0. The minimum atomic E-state index is 0.714. The quantitative estimate of drug-likeness (QED) is 0.767. The summed E-state index contributed by atoms with van der Waals surface area (Å²) < 4.78 is 5.66. The van der Waals surface area contributed by atoms with Crippen molar-refractivity contribution < 1.29 is 4.74 Å². The van der Waals surface area contributed by atoms with Gasteiger partial charge in [0.1, 0.15) is 0 Å². The minimum absolute atomic E-state index is 0.714. The Bertz CT molecular complexity index is 296. The molecule has 0 spiro atoms. The van der Waals surface area contributed by atoms with Crippen LogP contribution in [0.4, 0.5) is 0 Å². The monoisotopic (exact) mass is 234 g/mol. The second-order valence-corrected chi connectivity index (χ2v) is 4.76. The van der Waals surface area contributed by atoms with Crippen molar-refractivity contribution in [3.8, 4) is 0 Å². The molecule has 2 heterocycles. The lowest BCUT2D eigenvalue weighted by molar-refractivity contribution is 0.112. The second-order valence-electron chi connectivity index (χ2n) is 4.76. The van der Waals surface area contributed by atoms with Gasteiger partial charge in [0, 0.05) is 19.0 Å². The van der Waals surface area contributed by atoms with Crippen molar-refractivity contribution in [3.05, 3.63) is 30.1 Å². The highest BCUT2D eigenvalue weighted by Crippen LogP contribution is 2.15. The van der Waals surface area contributed by atoms with Gasteiger partial charge in [-0.15, -0.1) is 0 Å². The van der Waals surface area contributed by atoms with Crippen LogP contribution in [0.2, 0.25) is 0 Å². The fourth-order valence-electron chi connectivity index (χ4n) is 2.31. The maximum Gasteiger partial charge on any atom is 0.0717 e. The molecule has 3 nitrogen and oxygen atoms in total. The summed E-state index contributed by atoms with van der Waals surface area (Å²) in [4.78, 5) is 3.99. The SMILES string of the molecule is c1cc(COCCCC2CCCNC2)ccn1. The van der Waals surface area contributed by atoms with Gasteiger partial charge in [0.15, 0.2) is 0 Å². The van der Waals surface area contributed by atoms with E-state index in [1.165, 1.54) is 44.3 Å². The van der Waals surface area contributed by atoms with Crippen LogP contribution in [0, 0.1) is 5.92 Å². The lowest BCUT2D eigenvalue weighted by Crippen LogP contribution is -2.29. The Morgan fingerprint density at radius 1 is 1.35 bits per heavy atom. The average molecular weight is 234 g/mol. The Kier molecular flexibility index (Phi) is 5.46. The van der Waals surface area contributed by atoms with Gasteiger partial charge in [0.25, 0.3) is 0 Å². The highest BCUT2D eigenvalue weighted by atomic mass is 16.5. The molecular formula is C14H22N2O. The van der Waals surface area contributed by atoms with Crippen LogP contribution in [-0.4, -0.2) is 24.7 Å². The van der Waals surface area contributed by atoms with Crippen molar-refractivity contribution in [2.75, 3.05) is 19.7 Å². The summed E-state index contributed by atoms with van der Waals surface area (Å²) in [5.74, 6) is 0.869. The fraction of sp³-hybridized carbons (Fsp3) is 0.643. The van der Waals surface area contributed by atoms with Crippen molar-refractivity contribution in [2.45, 2.75) is 32.3 Å². The normalized spacial score (nSPS) is 20.4. The highest BCUT2D eigenvalue weighted by Gasteiger charge is 2.11. The van der Waals surface area contributed by atoms with Crippen LogP contribution < -0.4 is 5.32 Å². The first-order valence-corrected chi connectivity index (χ1v) is 6.62. The number of piperidine rings is 1. The molecule has 0 saturated carbocycles. The third-order valence-electron chi connectivity index (χ3n) is 3.32. The van der Waals surface area contributed by atoms with Crippen LogP contribution in [0.15, 0.2) is 24.5 Å². The number of hydrogen-bond donors (Lipinski definition) is 1. The first kappa shape index (κ1) is 12.5. The van der Waals surface area contributed by atoms with Crippen LogP contribution in [0.3, 0.4) is 0 Å². The number of nitrogens with one attached hydrogen (secondary N) is 1. The van der Waals surface area contributed by atoms with Gasteiger partial charge < -0.3 is 10.1 Å². The third-order valence-corrected chi connectivity index (χ3v) is 3.32. The van der Waals surface area contributed by atoms with E-state index in [-0.39, 0.29) is 0 Å². The Morgan fingerprint density at radius 3 is 3.00 bits per heavy atom. The van der Waals surface area contributed by atoms with E-state index >= 15 is 0 Å². The maximum absolute atomic E-state index is 5.66. The summed E-state index contributed by atoms with van der Waals surface area (Å²) in [6.07, 6.45) is 8.82. The molecule has 1 aromatic rings. The summed E-state index contributed by atoms with van der Waals surface area (Å²) in [6.45, 7) is 3.99. The molecule has 1 aliphatic heterocycles. The lowest BCUT2D eigenvalue weighted by atomic mass is 9.95. The highest BCUT2D eigenvalue weighted by molar-refractivity contribution is 5.07. The van der Waals surface area contributed by atoms with E-state index in [0.717, 1.165) is 12.5 Å². The Balaban J connectivity index is 1.51. The third kappa shape index (κ3) is 4.84. The predicted octanol–water partition coefficient (Wildman–Crippen LogP) is 2.38. The van der Waals surface area contributed by atoms with Gasteiger partial charge in [-0.1, -0.05) is 0 Å². The average Bonchev–Trinajstić information content (AvgIpc) is 2.41. The molecule has 1 aliphatic rings. The molecule has 1 saturated heterocycles. The Morgan fingerprint density at radius 2 is 2.24 bits per heavy atom. The molecule has 1 fully saturated rings. The summed E-state index contributed by atoms with van der Waals surface area (Å²) in [5, 5.41) is 3.45. The number of rotatable bonds is 6. The minimum Gasteiger partial charge on any atom is -0.377 e. The van der Waals surface area contributed by atoms with Crippen LogP contribution in [-0.2, 0) is 11.3 Å². The number of aromatic nitrogens is 1. The van der Waals surface area contributed by atoms with E-state index in [1.807, 2.05) is 24.5 Å². The predicted molar refractivity (Wildman–Crippen MR) is 68.7 cm³/mol. The number of pyridine rings is 1. The van der Waals surface area contributed by atoms with E-state index < -0.39 is 0 Å². The smallest absolute Gasteiger partial charge is 0.0717 e. The van der Waals surface area contributed by atoms with Gasteiger partial charge in [-0.25, -0.2) is 0 Å². The first-order valence-electron chi connectivity index (χ1n) is 6.62. The molecule has 94 valence electrons. The molecule has 0 amide bonds. The topological polar surface area (TPSA) is 34.1 Å². The van der Waals surface area contributed by atoms with Crippen LogP contribution in [0.25, 0.3) is 0 Å². The summed E-state index contributed by atoms with van der Waals surface area (Å²) in [5.41, 5.74) is 1.21. The van der Waals surface area contributed by atoms with E-state index in [1.54, 1.807) is 0 Å². The van der Waals surface area contributed by atoms with Crippen LogP contribution >= 0.6 is 0 Å². The molecule has 1 N–H and O–H groups in total. The number of ether oxygens (including phenoxy) is 1. The Hall–Kier alpha value is -0.930. The molecule has 1 atom stereocenters. The van der Waals surface area contributed by atoms with Gasteiger partial charge in [-0.05, 0) is 62.4 Å². The zero-order valence-corrected chi connectivity index (χ0v) is 10.4. The molecule has 0 aromatic carbocycles. The zero-order valence-electron chi connectivity index (χ0n) is 10.4. The second kappa shape index (κ2) is 7.41. The Labute approximate surface area is 104 Å². The summed E-state index contributed by atoms with van der Waals surface area (Å²) in [7, 11) is 0. The van der Waals surface area contributed by atoms with Gasteiger partial charge >= 0.3 is 0 Å². The van der Waals surface area contributed by atoms with Gasteiger partial charge in [-0.2, -0.15) is 0 Å². The fourth-order valence-corrected chi connectivity index (χ4v) is 2.31. The van der Waals surface area contributed by atoms with Crippen molar-refractivity contribution in [3.63, 3.8) is 0 Å². The van der Waals surface area contributed by atoms with Crippen molar-refractivity contribution in [1.82, 2.24) is 10.3 Å². The van der Waals surface area contributed by atoms with E-state index in [9.17, 15) is 0 Å². The molecule has 2 rings (SSSR count). The van der Waals surface area contributed by atoms with E-state index in [4.69, 9.17) is 4.74 Å². The zero-order chi connectivity index (χ0) is 11.8. The number of nitrogens with zero attached hydrogens (tertiary/aromatic N) is 1. The molecule has 3 heteroatoms. The molecule has 0 aliphatic carbocycles. The van der Waals surface area contributed by atoms with Gasteiger partial charge in [0.05, 0.1) is 6.61 Å². The van der Waals surface area contributed by atoms with E-state index in [2.05, 4.69) is 10.3 Å². The molecule has 0 bridgehead atoms. The van der Waals surface area contributed by atoms with Gasteiger partial charge in [-0.3, -0.25) is 4.98 Å². The van der Waals surface area contributed by atoms with Crippen molar-refractivity contribution in [2.24, 2.45) is 5.92 Å². The molecule has 0 radical (unpaired) electrons. The van der Waals surface area contributed by atoms with Crippen LogP contribution in [0.1, 0.15) is 31.2 Å². The largest absolute Gasteiger partial charge is 0.377 e. The van der Waals surface area contributed by atoms with Crippen molar-refractivity contribution in [1.29, 1.82) is 0 Å². The van der Waals surface area contributed by atoms with Gasteiger partial charge in [0.2, 0.25) is 0 Å². The first-order chi connectivity index (χ1) is 8.45. The number of hydrogen-bond acceptors (Lipinski definition) is 3. The molecule has 1 aromatic heterocycles. The lowest BCUT2D eigenvalue weighted by Gasteiger charge is -2.22. The van der Waals surface area contributed by atoms with Crippen LogP contribution in [0.5, 0.6) is 0 Å². The standard InChI is InChI=1S/C14H22N2O/c1-3-13(11-16-7-1)4-2-10-17-12-14-5-8-15-9-6-14/h5-6,8-9,13,16H,1-4,7,10-12H2.